The van der Waals surface area contributed by atoms with E-state index in [4.69, 9.17) is 21.7 Å². The second-order valence-corrected chi connectivity index (χ2v) is 4.19. The Balaban J connectivity index is 2.67. The van der Waals surface area contributed by atoms with E-state index in [9.17, 15) is 9.59 Å². The summed E-state index contributed by atoms with van der Waals surface area (Å²) in [6, 6.07) is 4.70. The highest BCUT2D eigenvalue weighted by Crippen LogP contribution is 2.27. The molecule has 2 N–H and O–H groups in total. The van der Waals surface area contributed by atoms with Gasteiger partial charge in [0.15, 0.2) is 16.6 Å². The molecule has 0 aliphatic heterocycles. The van der Waals surface area contributed by atoms with Crippen LogP contribution in [0.5, 0.6) is 11.5 Å². The summed E-state index contributed by atoms with van der Waals surface area (Å²) < 4.78 is 14.6. The summed E-state index contributed by atoms with van der Waals surface area (Å²) in [6.07, 6.45) is 0. The molecule has 0 heterocycles. The fraction of sp³-hybridized carbons (Fsp3) is 0.308. The fourth-order valence-corrected chi connectivity index (χ4v) is 1.59. The van der Waals surface area contributed by atoms with Crippen molar-refractivity contribution >= 4 is 29.2 Å². The molecule has 0 aromatic heterocycles. The number of esters is 1. The highest BCUT2D eigenvalue weighted by Gasteiger charge is 2.12. The van der Waals surface area contributed by atoms with E-state index in [-0.39, 0.29) is 11.7 Å². The minimum absolute atomic E-state index is 0.0279. The van der Waals surface area contributed by atoms with Gasteiger partial charge in [-0.2, -0.15) is 0 Å². The highest BCUT2D eigenvalue weighted by atomic mass is 32.1. The van der Waals surface area contributed by atoms with E-state index < -0.39 is 11.9 Å². The first-order valence-corrected chi connectivity index (χ1v) is 6.30. The minimum atomic E-state index is -0.488. The van der Waals surface area contributed by atoms with Crippen molar-refractivity contribution < 1.29 is 23.8 Å². The van der Waals surface area contributed by atoms with Crippen molar-refractivity contribution in [2.75, 3.05) is 27.9 Å². The number of rotatable bonds is 5. The van der Waals surface area contributed by atoms with Crippen molar-refractivity contribution in [3.63, 3.8) is 0 Å². The quantitative estimate of drug-likeness (QED) is 0.604. The van der Waals surface area contributed by atoms with Gasteiger partial charge < -0.3 is 19.5 Å². The largest absolute Gasteiger partial charge is 0.493 e. The average Bonchev–Trinajstić information content (AvgIpc) is 2.51. The Morgan fingerprint density at radius 2 is 1.81 bits per heavy atom. The van der Waals surface area contributed by atoms with E-state index in [0.29, 0.717) is 17.1 Å². The van der Waals surface area contributed by atoms with Gasteiger partial charge >= 0.3 is 5.97 Å². The lowest BCUT2D eigenvalue weighted by atomic mass is 10.2. The summed E-state index contributed by atoms with van der Waals surface area (Å²) >= 11 is 4.90. The lowest BCUT2D eigenvalue weighted by Gasteiger charge is -2.11. The van der Waals surface area contributed by atoms with E-state index in [2.05, 4.69) is 15.4 Å². The third-order valence-corrected chi connectivity index (χ3v) is 2.74. The monoisotopic (exact) mass is 312 g/mol. The van der Waals surface area contributed by atoms with E-state index >= 15 is 0 Å². The Bertz CT molecular complexity index is 547. The van der Waals surface area contributed by atoms with Crippen LogP contribution >= 0.6 is 12.2 Å². The van der Waals surface area contributed by atoms with Gasteiger partial charge in [0.05, 0.1) is 21.3 Å². The number of ether oxygens (including phenoxy) is 3. The van der Waals surface area contributed by atoms with E-state index in [1.807, 2.05) is 0 Å². The molecular weight excluding hydrogens is 296 g/mol. The van der Waals surface area contributed by atoms with E-state index in [1.165, 1.54) is 27.4 Å². The van der Waals surface area contributed by atoms with Crippen LogP contribution in [0, 0.1) is 0 Å². The van der Waals surface area contributed by atoms with Crippen LogP contribution in [0.2, 0.25) is 0 Å². The lowest BCUT2D eigenvalue weighted by molar-refractivity contribution is -0.139. The van der Waals surface area contributed by atoms with Crippen molar-refractivity contribution in [2.45, 2.75) is 0 Å². The number of amides is 1. The zero-order valence-electron chi connectivity index (χ0n) is 11.9. The molecule has 0 spiro atoms. The third kappa shape index (κ3) is 4.92. The lowest BCUT2D eigenvalue weighted by Crippen LogP contribution is -2.41. The van der Waals surface area contributed by atoms with Crippen molar-refractivity contribution in [3.05, 3.63) is 23.8 Å². The molecule has 7 nitrogen and oxygen atoms in total. The molecule has 1 aromatic rings. The predicted octanol–water partition coefficient (Wildman–Crippen LogP) is 0.481. The second-order valence-electron chi connectivity index (χ2n) is 3.78. The molecule has 0 aliphatic carbocycles. The molecule has 0 atom stereocenters. The molecule has 0 unspecified atom stereocenters. The number of hydrogen-bond acceptors (Lipinski definition) is 6. The van der Waals surface area contributed by atoms with Crippen LogP contribution in [0.1, 0.15) is 10.4 Å². The number of benzene rings is 1. The summed E-state index contributed by atoms with van der Waals surface area (Å²) in [4.78, 5) is 22.9. The summed E-state index contributed by atoms with van der Waals surface area (Å²) in [5, 5.41) is 5.02. The Kier molecular flexibility index (Phi) is 6.41. The first kappa shape index (κ1) is 16.7. The maximum Gasteiger partial charge on any atom is 0.325 e. The molecule has 1 rings (SSSR count). The Morgan fingerprint density at radius 3 is 2.38 bits per heavy atom. The summed E-state index contributed by atoms with van der Waals surface area (Å²) in [5.41, 5.74) is 0.342. The van der Waals surface area contributed by atoms with E-state index in [1.54, 1.807) is 12.1 Å². The zero-order chi connectivity index (χ0) is 15.8. The van der Waals surface area contributed by atoms with Gasteiger partial charge in [-0.05, 0) is 30.4 Å². The smallest absolute Gasteiger partial charge is 0.325 e. The van der Waals surface area contributed by atoms with Crippen molar-refractivity contribution in [1.82, 2.24) is 10.6 Å². The topological polar surface area (TPSA) is 85.9 Å². The number of hydrogen-bond donors (Lipinski definition) is 2. The van der Waals surface area contributed by atoms with Crippen LogP contribution < -0.4 is 20.1 Å². The summed E-state index contributed by atoms with van der Waals surface area (Å²) in [6.45, 7) is -0.123. The SMILES string of the molecule is COC(=O)CNC(=S)NC(=O)c1ccc(OC)c(OC)c1. The van der Waals surface area contributed by atoms with Gasteiger partial charge in [0.1, 0.15) is 6.54 Å². The first-order valence-electron chi connectivity index (χ1n) is 5.89. The Hall–Kier alpha value is -2.35. The van der Waals surface area contributed by atoms with Crippen molar-refractivity contribution in [3.8, 4) is 11.5 Å². The molecule has 1 amide bonds. The van der Waals surface area contributed by atoms with Crippen molar-refractivity contribution in [1.29, 1.82) is 0 Å². The van der Waals surface area contributed by atoms with Crippen LogP contribution in [0.25, 0.3) is 0 Å². The van der Waals surface area contributed by atoms with Gasteiger partial charge in [-0.15, -0.1) is 0 Å². The van der Waals surface area contributed by atoms with Gasteiger partial charge in [-0.25, -0.2) is 0 Å². The standard InChI is InChI=1S/C13H16N2O5S/c1-18-9-5-4-8(6-10(9)19-2)12(17)15-13(21)14-7-11(16)20-3/h4-6H,7H2,1-3H3,(H2,14,15,17,21). The van der Waals surface area contributed by atoms with Crippen LogP contribution in [0.15, 0.2) is 18.2 Å². The van der Waals surface area contributed by atoms with Gasteiger partial charge in [0.25, 0.3) is 5.91 Å². The maximum absolute atomic E-state index is 12.0. The molecule has 0 saturated heterocycles. The molecule has 8 heteroatoms. The maximum atomic E-state index is 12.0. The van der Waals surface area contributed by atoms with E-state index in [0.717, 1.165) is 0 Å². The molecular formula is C13H16N2O5S. The molecule has 21 heavy (non-hydrogen) atoms. The van der Waals surface area contributed by atoms with Crippen LogP contribution in [-0.2, 0) is 9.53 Å². The third-order valence-electron chi connectivity index (χ3n) is 2.49. The molecule has 114 valence electrons. The van der Waals surface area contributed by atoms with Gasteiger partial charge in [0.2, 0.25) is 0 Å². The molecule has 0 saturated carbocycles. The number of carbonyl (C=O) groups is 2. The van der Waals surface area contributed by atoms with Crippen LogP contribution in [-0.4, -0.2) is 44.9 Å². The predicted molar refractivity (Wildman–Crippen MR) is 79.6 cm³/mol. The van der Waals surface area contributed by atoms with Gasteiger partial charge in [-0.3, -0.25) is 14.9 Å². The first-order chi connectivity index (χ1) is 10.0. The summed E-state index contributed by atoms with van der Waals surface area (Å²) in [7, 11) is 4.24. The Morgan fingerprint density at radius 1 is 1.14 bits per heavy atom. The molecule has 0 radical (unpaired) electrons. The van der Waals surface area contributed by atoms with Crippen LogP contribution in [0.4, 0.5) is 0 Å². The van der Waals surface area contributed by atoms with Gasteiger partial charge in [-0.1, -0.05) is 0 Å². The molecule has 0 fully saturated rings. The molecule has 0 bridgehead atoms. The minimum Gasteiger partial charge on any atom is -0.493 e. The number of nitrogens with one attached hydrogen (secondary N) is 2. The molecule has 0 aliphatic rings. The second kappa shape index (κ2) is 8.05. The number of thiocarbonyl (C=S) groups is 1. The van der Waals surface area contributed by atoms with Crippen molar-refractivity contribution in [2.24, 2.45) is 0 Å². The average molecular weight is 312 g/mol. The number of methoxy groups -OCH3 is 3. The summed E-state index contributed by atoms with van der Waals surface area (Å²) in [5.74, 6) is 0.0232. The fourth-order valence-electron chi connectivity index (χ4n) is 1.42. The van der Waals surface area contributed by atoms with Crippen LogP contribution in [0.3, 0.4) is 0 Å². The Labute approximate surface area is 127 Å². The highest BCUT2D eigenvalue weighted by molar-refractivity contribution is 7.80. The molecule has 1 aromatic carbocycles. The number of carbonyl (C=O) groups excluding carboxylic acids is 2. The zero-order valence-corrected chi connectivity index (χ0v) is 12.7. The van der Waals surface area contributed by atoms with Gasteiger partial charge in [0, 0.05) is 5.56 Å². The normalized spacial score (nSPS) is 9.48.